The molecule has 9 nitrogen and oxygen atoms in total. The summed E-state index contributed by atoms with van der Waals surface area (Å²) in [6.07, 6.45) is -1.09. The molecule has 0 bridgehead atoms. The Bertz CT molecular complexity index is 1300. The molecule has 1 aromatic heterocycles. The number of methoxy groups -OCH3 is 2. The maximum Gasteiger partial charge on any atom is 0.228 e. The van der Waals surface area contributed by atoms with Crippen LogP contribution in [0.5, 0.6) is 11.5 Å². The number of benzene rings is 2. The number of hydrogen-bond acceptors (Lipinski definition) is 8. The first-order valence-electron chi connectivity index (χ1n) is 11.8. The second-order valence-corrected chi connectivity index (χ2v) is 8.65. The van der Waals surface area contributed by atoms with Gasteiger partial charge in [0.25, 0.3) is 0 Å². The lowest BCUT2D eigenvalue weighted by Gasteiger charge is -2.35. The monoisotopic (exact) mass is 518 g/mol. The van der Waals surface area contributed by atoms with E-state index in [1.807, 2.05) is 4.90 Å². The summed E-state index contributed by atoms with van der Waals surface area (Å²) in [5, 5.41) is 0.304. The van der Waals surface area contributed by atoms with Crippen LogP contribution in [0.4, 0.5) is 24.9 Å². The number of alkyl halides is 1. The standard InChI is InChI=1S/C25H29F3N6O3/c1-36-19-12-17-22(21(28)23(19)37-2)31-25(32-24(17)30)34-9-7-33(8-10-34)20(35)6-4-14-3-5-15(26)11-16(14)18(27)13-29/h3,5,11-12,18H,4,6-10,13,29H2,1-2H3,(H2,30,31,32). The molecule has 1 atom stereocenters. The van der Waals surface area contributed by atoms with Crippen LogP contribution in [0.3, 0.4) is 0 Å². The van der Waals surface area contributed by atoms with E-state index in [-0.39, 0.29) is 59.6 Å². The third-order valence-corrected chi connectivity index (χ3v) is 6.47. The van der Waals surface area contributed by atoms with Crippen molar-refractivity contribution in [2.75, 3.05) is 57.6 Å². The summed E-state index contributed by atoms with van der Waals surface area (Å²) in [5.74, 6) is -0.922. The van der Waals surface area contributed by atoms with Gasteiger partial charge in [0, 0.05) is 44.5 Å². The lowest BCUT2D eigenvalue weighted by molar-refractivity contribution is -0.131. The molecule has 37 heavy (non-hydrogen) atoms. The summed E-state index contributed by atoms with van der Waals surface area (Å²) in [5.41, 5.74) is 12.3. The molecular weight excluding hydrogens is 489 g/mol. The van der Waals surface area contributed by atoms with Gasteiger partial charge in [-0.1, -0.05) is 6.07 Å². The molecular formula is C25H29F3N6O3. The van der Waals surface area contributed by atoms with Crippen molar-refractivity contribution in [3.63, 3.8) is 0 Å². The van der Waals surface area contributed by atoms with Crippen molar-refractivity contribution in [2.24, 2.45) is 5.73 Å². The van der Waals surface area contributed by atoms with Crippen LogP contribution < -0.4 is 25.8 Å². The van der Waals surface area contributed by atoms with Crippen molar-refractivity contribution >= 4 is 28.6 Å². The van der Waals surface area contributed by atoms with Crippen LogP contribution in [-0.2, 0) is 11.2 Å². The Morgan fingerprint density at radius 2 is 1.84 bits per heavy atom. The summed E-state index contributed by atoms with van der Waals surface area (Å²) < 4.78 is 53.1. The highest BCUT2D eigenvalue weighted by Gasteiger charge is 2.25. The van der Waals surface area contributed by atoms with Gasteiger partial charge in [-0.3, -0.25) is 4.79 Å². The third kappa shape index (κ3) is 5.33. The number of carbonyl (C=O) groups excluding carboxylic acids is 1. The van der Waals surface area contributed by atoms with Gasteiger partial charge in [0.2, 0.25) is 11.9 Å². The first-order valence-corrected chi connectivity index (χ1v) is 11.8. The SMILES string of the molecule is COc1cc2c(N)nc(N3CCN(C(=O)CCc4ccc(F)cc4C(F)CN)CC3)nc2c(F)c1OC. The van der Waals surface area contributed by atoms with Gasteiger partial charge in [-0.15, -0.1) is 0 Å². The number of carbonyl (C=O) groups is 1. The van der Waals surface area contributed by atoms with E-state index in [4.69, 9.17) is 20.9 Å². The lowest BCUT2D eigenvalue weighted by Crippen LogP contribution is -2.49. The zero-order valence-electron chi connectivity index (χ0n) is 20.6. The number of amides is 1. The highest BCUT2D eigenvalue weighted by atomic mass is 19.1. The Hall–Kier alpha value is -3.80. The molecule has 12 heteroatoms. The molecule has 0 spiro atoms. The molecule has 1 amide bonds. The molecule has 4 rings (SSSR count). The minimum absolute atomic E-state index is 0.0115. The van der Waals surface area contributed by atoms with Crippen molar-refractivity contribution in [2.45, 2.75) is 19.0 Å². The van der Waals surface area contributed by atoms with Gasteiger partial charge >= 0.3 is 0 Å². The fourth-order valence-electron chi connectivity index (χ4n) is 4.45. The van der Waals surface area contributed by atoms with E-state index < -0.39 is 17.8 Å². The fourth-order valence-corrected chi connectivity index (χ4v) is 4.45. The maximum atomic E-state index is 15.1. The van der Waals surface area contributed by atoms with Crippen molar-refractivity contribution in [3.8, 4) is 11.5 Å². The summed E-state index contributed by atoms with van der Waals surface area (Å²) in [7, 11) is 2.73. The highest BCUT2D eigenvalue weighted by Crippen LogP contribution is 2.37. The molecule has 3 aromatic rings. The zero-order chi connectivity index (χ0) is 26.7. The van der Waals surface area contributed by atoms with E-state index in [0.29, 0.717) is 37.1 Å². The number of aromatic nitrogens is 2. The van der Waals surface area contributed by atoms with Crippen molar-refractivity contribution in [1.29, 1.82) is 0 Å². The van der Waals surface area contributed by atoms with Crippen LogP contribution in [-0.4, -0.2) is 67.7 Å². The van der Waals surface area contributed by atoms with Gasteiger partial charge < -0.3 is 30.7 Å². The van der Waals surface area contributed by atoms with Gasteiger partial charge in [-0.05, 0) is 35.7 Å². The van der Waals surface area contributed by atoms with E-state index in [9.17, 15) is 13.6 Å². The summed E-state index contributed by atoms with van der Waals surface area (Å²) in [6, 6.07) is 5.39. The molecule has 1 fully saturated rings. The Balaban J connectivity index is 1.43. The Morgan fingerprint density at radius 3 is 2.49 bits per heavy atom. The van der Waals surface area contributed by atoms with E-state index in [0.717, 1.165) is 6.07 Å². The van der Waals surface area contributed by atoms with Crippen molar-refractivity contribution < 1.29 is 27.4 Å². The number of nitrogens with zero attached hydrogens (tertiary/aromatic N) is 4. The van der Waals surface area contributed by atoms with Crippen LogP contribution >= 0.6 is 0 Å². The molecule has 4 N–H and O–H groups in total. The van der Waals surface area contributed by atoms with Crippen molar-refractivity contribution in [1.82, 2.24) is 14.9 Å². The largest absolute Gasteiger partial charge is 0.493 e. The van der Waals surface area contributed by atoms with Gasteiger partial charge in [0.15, 0.2) is 17.3 Å². The second-order valence-electron chi connectivity index (χ2n) is 8.65. The molecule has 2 heterocycles. The summed E-state index contributed by atoms with van der Waals surface area (Å²) >= 11 is 0. The van der Waals surface area contributed by atoms with E-state index in [1.54, 1.807) is 4.90 Å². The number of aryl methyl sites for hydroxylation is 1. The normalized spacial score (nSPS) is 14.6. The molecule has 198 valence electrons. The molecule has 0 radical (unpaired) electrons. The Labute approximate surface area is 212 Å². The van der Waals surface area contributed by atoms with Crippen LogP contribution in [0.25, 0.3) is 10.9 Å². The first-order chi connectivity index (χ1) is 17.8. The number of hydrogen-bond donors (Lipinski definition) is 2. The lowest BCUT2D eigenvalue weighted by atomic mass is 9.98. The van der Waals surface area contributed by atoms with Crippen LogP contribution in [0.2, 0.25) is 0 Å². The summed E-state index contributed by atoms with van der Waals surface area (Å²) in [6.45, 7) is 1.33. The first kappa shape index (κ1) is 26.3. The Morgan fingerprint density at radius 1 is 1.11 bits per heavy atom. The molecule has 1 saturated heterocycles. The molecule has 2 aromatic carbocycles. The smallest absolute Gasteiger partial charge is 0.228 e. The molecule has 0 saturated carbocycles. The molecule has 0 aliphatic carbocycles. The van der Waals surface area contributed by atoms with Gasteiger partial charge in [-0.2, -0.15) is 4.98 Å². The van der Waals surface area contributed by atoms with Gasteiger partial charge in [0.05, 0.1) is 14.2 Å². The van der Waals surface area contributed by atoms with E-state index >= 15 is 4.39 Å². The van der Waals surface area contributed by atoms with Crippen LogP contribution in [0.15, 0.2) is 24.3 Å². The maximum absolute atomic E-state index is 15.1. The number of ether oxygens (including phenoxy) is 2. The number of halogens is 3. The van der Waals surface area contributed by atoms with Crippen LogP contribution in [0.1, 0.15) is 23.7 Å². The number of fused-ring (bicyclic) bond motifs is 1. The number of nitrogens with two attached hydrogens (primary N) is 2. The zero-order valence-corrected chi connectivity index (χ0v) is 20.6. The van der Waals surface area contributed by atoms with Crippen molar-refractivity contribution in [3.05, 3.63) is 47.0 Å². The highest BCUT2D eigenvalue weighted by molar-refractivity contribution is 5.92. The fraction of sp³-hybridized carbons (Fsp3) is 0.400. The second kappa shape index (κ2) is 11.1. The molecule has 1 aliphatic heterocycles. The number of piperazine rings is 1. The summed E-state index contributed by atoms with van der Waals surface area (Å²) in [4.78, 5) is 25.0. The molecule has 1 unspecified atom stereocenters. The number of nitrogen functional groups attached to an aromatic ring is 1. The average Bonchev–Trinajstić information content (AvgIpc) is 2.91. The number of anilines is 2. The predicted octanol–water partition coefficient (Wildman–Crippen LogP) is 2.76. The predicted molar refractivity (Wildman–Crippen MR) is 133 cm³/mol. The average molecular weight is 519 g/mol. The molecule has 1 aliphatic rings. The number of rotatable bonds is 8. The quantitative estimate of drug-likeness (QED) is 0.467. The van der Waals surface area contributed by atoms with Gasteiger partial charge in [-0.25, -0.2) is 18.2 Å². The Kier molecular flexibility index (Phi) is 7.86. The van der Waals surface area contributed by atoms with E-state index in [2.05, 4.69) is 9.97 Å². The van der Waals surface area contributed by atoms with Gasteiger partial charge in [0.1, 0.15) is 23.3 Å². The minimum atomic E-state index is -1.50. The third-order valence-electron chi connectivity index (χ3n) is 6.47. The van der Waals surface area contributed by atoms with E-state index in [1.165, 1.54) is 32.4 Å². The topological polar surface area (TPSA) is 120 Å². The van der Waals surface area contributed by atoms with Crippen LogP contribution in [0, 0.1) is 11.6 Å². The minimum Gasteiger partial charge on any atom is -0.493 e.